The van der Waals surface area contributed by atoms with E-state index in [9.17, 15) is 9.18 Å². The number of halogens is 1. The molecule has 1 fully saturated rings. The van der Waals surface area contributed by atoms with Gasteiger partial charge in [0.25, 0.3) is 0 Å². The van der Waals surface area contributed by atoms with Crippen LogP contribution >= 0.6 is 0 Å². The maximum Gasteiger partial charge on any atom is 0.335 e. The van der Waals surface area contributed by atoms with Crippen LogP contribution in [0, 0.1) is 5.82 Å². The Hall–Kier alpha value is -3.95. The lowest BCUT2D eigenvalue weighted by molar-refractivity contribution is 0.0696. The van der Waals surface area contributed by atoms with E-state index in [4.69, 9.17) is 5.11 Å². The Morgan fingerprint density at radius 3 is 2.55 bits per heavy atom. The molecule has 9 nitrogen and oxygen atoms in total. The van der Waals surface area contributed by atoms with Crippen molar-refractivity contribution in [1.82, 2.24) is 29.9 Å². The van der Waals surface area contributed by atoms with Crippen LogP contribution < -0.4 is 4.90 Å². The van der Waals surface area contributed by atoms with Gasteiger partial charge in [-0.1, -0.05) is 12.1 Å². The largest absolute Gasteiger partial charge is 0.478 e. The number of fused-ring (bicyclic) bond motifs is 1. The van der Waals surface area contributed by atoms with Crippen molar-refractivity contribution in [2.45, 2.75) is 32.2 Å². The summed E-state index contributed by atoms with van der Waals surface area (Å²) in [5.74, 6) is -1.07. The molecule has 0 bridgehead atoms. The minimum Gasteiger partial charge on any atom is -0.478 e. The number of carbonyl (C=O) groups is 1. The Bertz CT molecular complexity index is 1310. The summed E-state index contributed by atoms with van der Waals surface area (Å²) in [4.78, 5) is 26.6. The van der Waals surface area contributed by atoms with E-state index in [-0.39, 0.29) is 17.2 Å². The number of hydrogen-bond donors (Lipinski definition) is 1. The van der Waals surface area contributed by atoms with Gasteiger partial charge in [0.2, 0.25) is 5.95 Å². The lowest BCUT2D eigenvalue weighted by atomic mass is 10.0. The van der Waals surface area contributed by atoms with Crippen molar-refractivity contribution in [2.24, 2.45) is 0 Å². The van der Waals surface area contributed by atoms with Crippen molar-refractivity contribution >= 4 is 23.0 Å². The third kappa shape index (κ3) is 3.99. The number of pyridine rings is 1. The molecular formula is C23H22FN7O2. The summed E-state index contributed by atoms with van der Waals surface area (Å²) in [6.07, 6.45) is 8.04. The molecule has 4 heterocycles. The fourth-order valence-corrected chi connectivity index (χ4v) is 4.12. The number of carboxylic acids is 1. The highest BCUT2D eigenvalue weighted by molar-refractivity contribution is 5.88. The zero-order valence-electron chi connectivity index (χ0n) is 18.0. The smallest absolute Gasteiger partial charge is 0.335 e. The molecule has 168 valence electrons. The lowest BCUT2D eigenvalue weighted by Crippen LogP contribution is -2.36. The fraction of sp³-hybridized carbons (Fsp3) is 0.304. The highest BCUT2D eigenvalue weighted by Crippen LogP contribution is 2.29. The van der Waals surface area contributed by atoms with Gasteiger partial charge in [-0.2, -0.15) is 0 Å². The van der Waals surface area contributed by atoms with Crippen LogP contribution in [0.2, 0.25) is 0 Å². The lowest BCUT2D eigenvalue weighted by Gasteiger charge is -2.32. The van der Waals surface area contributed by atoms with Crippen LogP contribution in [0.3, 0.4) is 0 Å². The minimum absolute atomic E-state index is 0.110. The van der Waals surface area contributed by atoms with Crippen LogP contribution in [0.5, 0.6) is 0 Å². The van der Waals surface area contributed by atoms with Crippen molar-refractivity contribution < 1.29 is 14.3 Å². The molecule has 1 N–H and O–H groups in total. The van der Waals surface area contributed by atoms with Crippen LogP contribution in [0.25, 0.3) is 22.3 Å². The van der Waals surface area contributed by atoms with Crippen LogP contribution in [0.1, 0.15) is 41.7 Å². The predicted octanol–water partition coefficient (Wildman–Crippen LogP) is 3.52. The van der Waals surface area contributed by atoms with Crippen molar-refractivity contribution in [3.8, 4) is 11.3 Å². The maximum absolute atomic E-state index is 14.5. The Morgan fingerprint density at radius 2 is 1.88 bits per heavy atom. The Morgan fingerprint density at radius 1 is 1.12 bits per heavy atom. The third-order valence-electron chi connectivity index (χ3n) is 6.04. The molecule has 5 rings (SSSR count). The highest BCUT2D eigenvalue weighted by Gasteiger charge is 2.25. The average Bonchev–Trinajstić information content (AvgIpc) is 3.27. The molecule has 3 aromatic heterocycles. The van der Waals surface area contributed by atoms with Crippen molar-refractivity contribution in [2.75, 3.05) is 18.0 Å². The molecule has 0 aliphatic carbocycles. The number of carboxylic acid groups (broad SMARTS) is 1. The highest BCUT2D eigenvalue weighted by atomic mass is 19.1. The summed E-state index contributed by atoms with van der Waals surface area (Å²) in [5.41, 5.74) is 3.00. The van der Waals surface area contributed by atoms with E-state index in [0.29, 0.717) is 11.2 Å². The summed E-state index contributed by atoms with van der Waals surface area (Å²) in [5, 5.41) is 17.6. The van der Waals surface area contributed by atoms with Crippen molar-refractivity contribution in [3.63, 3.8) is 0 Å². The Balaban J connectivity index is 1.34. The predicted molar refractivity (Wildman–Crippen MR) is 120 cm³/mol. The second-order valence-electron chi connectivity index (χ2n) is 8.06. The number of benzene rings is 1. The number of aromatic nitrogens is 6. The first-order valence-electron chi connectivity index (χ1n) is 10.8. The molecule has 0 saturated carbocycles. The molecule has 1 aromatic carbocycles. The average molecular weight is 447 g/mol. The first kappa shape index (κ1) is 20.9. The number of piperidine rings is 1. The molecule has 0 radical (unpaired) electrons. The van der Waals surface area contributed by atoms with E-state index < -0.39 is 11.8 Å². The van der Waals surface area contributed by atoms with Gasteiger partial charge in [0.15, 0.2) is 0 Å². The molecule has 33 heavy (non-hydrogen) atoms. The Kier molecular flexibility index (Phi) is 5.41. The number of aryl methyl sites for hydroxylation is 1. The first-order valence-corrected chi connectivity index (χ1v) is 10.8. The summed E-state index contributed by atoms with van der Waals surface area (Å²) in [7, 11) is 0. The van der Waals surface area contributed by atoms with E-state index in [2.05, 4.69) is 37.1 Å². The van der Waals surface area contributed by atoms with E-state index in [1.54, 1.807) is 12.3 Å². The van der Waals surface area contributed by atoms with Crippen molar-refractivity contribution in [3.05, 3.63) is 59.8 Å². The van der Waals surface area contributed by atoms with Gasteiger partial charge in [-0.05, 0) is 49.1 Å². The maximum atomic E-state index is 14.5. The van der Waals surface area contributed by atoms with E-state index in [1.165, 1.54) is 12.1 Å². The van der Waals surface area contributed by atoms with Crippen LogP contribution in [-0.2, 0) is 6.42 Å². The van der Waals surface area contributed by atoms with E-state index >= 15 is 0 Å². The molecule has 1 aliphatic heterocycles. The molecule has 0 spiro atoms. The standard InChI is InChI=1S/C23H22FN7O2/c1-2-14-11-26-23(27-12-14)30-7-5-16(6-8-30)31-21-13-25-19(10-20(21)28-29-31)17-4-3-15(22(32)33)9-18(17)24/h3-4,9-13,16H,2,5-8H2,1H3,(H,32,33). The topological polar surface area (TPSA) is 110 Å². The zero-order valence-corrected chi connectivity index (χ0v) is 18.0. The van der Waals surface area contributed by atoms with Gasteiger partial charge in [-0.25, -0.2) is 23.8 Å². The number of rotatable bonds is 5. The van der Waals surface area contributed by atoms with Gasteiger partial charge in [-0.15, -0.1) is 5.10 Å². The van der Waals surface area contributed by atoms with Crippen LogP contribution in [-0.4, -0.2) is 54.1 Å². The third-order valence-corrected chi connectivity index (χ3v) is 6.04. The Labute approximate surface area is 188 Å². The van der Waals surface area contributed by atoms with Crippen molar-refractivity contribution in [1.29, 1.82) is 0 Å². The van der Waals surface area contributed by atoms with Gasteiger partial charge < -0.3 is 10.0 Å². The molecule has 1 aliphatic rings. The van der Waals surface area contributed by atoms with Gasteiger partial charge in [0.05, 0.1) is 23.5 Å². The quantitative estimate of drug-likeness (QED) is 0.495. The normalized spacial score (nSPS) is 14.7. The van der Waals surface area contributed by atoms with E-state index in [0.717, 1.165) is 55.4 Å². The van der Waals surface area contributed by atoms with Gasteiger partial charge >= 0.3 is 5.97 Å². The van der Waals surface area contributed by atoms with Gasteiger partial charge in [0, 0.05) is 31.0 Å². The molecule has 0 unspecified atom stereocenters. The number of aromatic carboxylic acids is 1. The molecule has 0 atom stereocenters. The van der Waals surface area contributed by atoms with Gasteiger partial charge in [0.1, 0.15) is 16.9 Å². The molecular weight excluding hydrogens is 425 g/mol. The van der Waals surface area contributed by atoms with Crippen LogP contribution in [0.4, 0.5) is 10.3 Å². The minimum atomic E-state index is -1.18. The summed E-state index contributed by atoms with van der Waals surface area (Å²) in [6.45, 7) is 3.70. The summed E-state index contributed by atoms with van der Waals surface area (Å²) >= 11 is 0. The molecule has 1 saturated heterocycles. The number of nitrogens with zero attached hydrogens (tertiary/aromatic N) is 7. The summed E-state index contributed by atoms with van der Waals surface area (Å²) < 4.78 is 16.3. The fourth-order valence-electron chi connectivity index (χ4n) is 4.12. The van der Waals surface area contributed by atoms with Gasteiger partial charge in [-0.3, -0.25) is 4.98 Å². The first-order chi connectivity index (χ1) is 16.0. The second-order valence-corrected chi connectivity index (χ2v) is 8.06. The molecule has 10 heteroatoms. The number of hydrogen-bond acceptors (Lipinski definition) is 7. The second kappa shape index (κ2) is 8.53. The molecule has 0 amide bonds. The zero-order chi connectivity index (χ0) is 22.9. The molecule has 4 aromatic rings. The SMILES string of the molecule is CCc1cnc(N2CCC(n3nnc4cc(-c5ccc(C(=O)O)cc5F)ncc43)CC2)nc1. The van der Waals surface area contributed by atoms with E-state index in [1.807, 2.05) is 17.1 Å². The summed E-state index contributed by atoms with van der Waals surface area (Å²) in [6, 6.07) is 5.61. The number of anilines is 1. The van der Waals surface area contributed by atoms with Crippen LogP contribution in [0.15, 0.2) is 42.9 Å². The monoisotopic (exact) mass is 447 g/mol.